The highest BCUT2D eigenvalue weighted by molar-refractivity contribution is 5.67. The van der Waals surface area contributed by atoms with Crippen LogP contribution >= 0.6 is 0 Å². The molecule has 0 saturated carbocycles. The number of morpholine rings is 1. The summed E-state index contributed by atoms with van der Waals surface area (Å²) in [6, 6.07) is 10.2. The van der Waals surface area contributed by atoms with Gasteiger partial charge in [0, 0.05) is 37.0 Å². The van der Waals surface area contributed by atoms with Crippen molar-refractivity contribution < 1.29 is 13.9 Å². The number of rotatable bonds is 8. The van der Waals surface area contributed by atoms with E-state index in [-0.39, 0.29) is 5.82 Å². The molecule has 1 aliphatic rings. The van der Waals surface area contributed by atoms with Gasteiger partial charge in [0.2, 0.25) is 5.88 Å². The highest BCUT2D eigenvalue weighted by Gasteiger charge is 2.16. The molecule has 3 heterocycles. The highest BCUT2D eigenvalue weighted by Crippen LogP contribution is 2.33. The van der Waals surface area contributed by atoms with Crippen LogP contribution in [0.4, 0.5) is 10.2 Å². The summed E-state index contributed by atoms with van der Waals surface area (Å²) in [5.74, 6) is 1.70. The van der Waals surface area contributed by atoms with E-state index in [1.807, 2.05) is 25.3 Å². The summed E-state index contributed by atoms with van der Waals surface area (Å²) in [6.07, 6.45) is 4.80. The number of unbranched alkanes of at least 4 members (excludes halogenated alkanes) is 1. The topological polar surface area (TPSA) is 86.4 Å². The first-order valence-electron chi connectivity index (χ1n) is 10.9. The zero-order valence-electron chi connectivity index (χ0n) is 18.3. The number of nitrogens with zero attached hydrogens (tertiary/aromatic N) is 4. The Kier molecular flexibility index (Phi) is 7.24. The fourth-order valence-electron chi connectivity index (χ4n) is 3.64. The van der Waals surface area contributed by atoms with Gasteiger partial charge in [-0.15, -0.1) is 0 Å². The fourth-order valence-corrected chi connectivity index (χ4v) is 3.64. The number of nitrogens with two attached hydrogens (primary N) is 1. The third kappa shape index (κ3) is 5.57. The number of ether oxygens (including phenoxy) is 2. The molecule has 0 aliphatic carbocycles. The molecule has 0 bridgehead atoms. The van der Waals surface area contributed by atoms with Gasteiger partial charge in [0.1, 0.15) is 23.2 Å². The molecule has 0 atom stereocenters. The van der Waals surface area contributed by atoms with Gasteiger partial charge in [-0.25, -0.2) is 9.37 Å². The van der Waals surface area contributed by atoms with Gasteiger partial charge in [-0.05, 0) is 56.5 Å². The van der Waals surface area contributed by atoms with Gasteiger partial charge in [0.25, 0.3) is 0 Å². The van der Waals surface area contributed by atoms with E-state index in [2.05, 4.69) is 19.9 Å². The van der Waals surface area contributed by atoms with Crippen molar-refractivity contribution in [1.82, 2.24) is 15.0 Å². The van der Waals surface area contributed by atoms with Crippen molar-refractivity contribution in [2.45, 2.75) is 26.2 Å². The maximum Gasteiger partial charge on any atom is 0.224 e. The van der Waals surface area contributed by atoms with E-state index in [1.165, 1.54) is 12.1 Å². The predicted octanol–water partition coefficient (Wildman–Crippen LogP) is 3.90. The van der Waals surface area contributed by atoms with Crippen LogP contribution < -0.4 is 15.4 Å². The Morgan fingerprint density at radius 2 is 1.94 bits per heavy atom. The number of anilines is 1. The molecule has 3 aromatic rings. The zero-order chi connectivity index (χ0) is 22.3. The summed E-state index contributed by atoms with van der Waals surface area (Å²) in [5, 5.41) is 0. The van der Waals surface area contributed by atoms with Gasteiger partial charge in [-0.2, -0.15) is 4.98 Å². The molecule has 4 rings (SSSR count). The Morgan fingerprint density at radius 3 is 2.69 bits per heavy atom. The Hall–Kier alpha value is -3.10. The Bertz CT molecular complexity index is 1040. The number of halogens is 1. The second-order valence-electron chi connectivity index (χ2n) is 7.75. The van der Waals surface area contributed by atoms with Crippen LogP contribution in [0.25, 0.3) is 11.3 Å². The molecule has 1 aliphatic heterocycles. The maximum absolute atomic E-state index is 14.1. The number of aryl methyl sites for hydroxylation is 2. The van der Waals surface area contributed by atoms with Crippen molar-refractivity contribution in [2.24, 2.45) is 5.73 Å². The number of hydrogen-bond acceptors (Lipinski definition) is 7. The molecule has 0 spiro atoms. The van der Waals surface area contributed by atoms with Crippen LogP contribution in [0.2, 0.25) is 0 Å². The summed E-state index contributed by atoms with van der Waals surface area (Å²) in [5.41, 5.74) is 8.12. The third-order valence-electron chi connectivity index (χ3n) is 5.31. The van der Waals surface area contributed by atoms with E-state index in [0.717, 1.165) is 43.7 Å². The van der Waals surface area contributed by atoms with Crippen molar-refractivity contribution in [3.8, 4) is 22.9 Å². The van der Waals surface area contributed by atoms with Crippen molar-refractivity contribution in [1.29, 1.82) is 0 Å². The summed E-state index contributed by atoms with van der Waals surface area (Å²) in [4.78, 5) is 15.6. The van der Waals surface area contributed by atoms with E-state index in [9.17, 15) is 4.39 Å². The minimum Gasteiger partial charge on any atom is -0.438 e. The van der Waals surface area contributed by atoms with Crippen LogP contribution in [0.3, 0.4) is 0 Å². The van der Waals surface area contributed by atoms with E-state index in [1.54, 1.807) is 12.1 Å². The monoisotopic (exact) mass is 437 g/mol. The van der Waals surface area contributed by atoms with Crippen LogP contribution in [0.5, 0.6) is 11.6 Å². The summed E-state index contributed by atoms with van der Waals surface area (Å²) in [7, 11) is 0. The molecule has 1 saturated heterocycles. The lowest BCUT2D eigenvalue weighted by Crippen LogP contribution is -2.36. The van der Waals surface area contributed by atoms with Crippen molar-refractivity contribution in [3.05, 3.63) is 59.8 Å². The second kappa shape index (κ2) is 10.5. The normalized spacial score (nSPS) is 13.9. The standard InChI is InChI=1S/C24H28FN5O2/c1-17-28-23(30-10-12-31-13-11-30)15-24(29-17)32-22-14-19(25)6-7-20(22)21-8-5-18(16-27-21)4-2-3-9-26/h5-8,14-16H,2-4,9-13,26H2,1H3. The van der Waals surface area contributed by atoms with Crippen LogP contribution in [-0.4, -0.2) is 47.8 Å². The lowest BCUT2D eigenvalue weighted by Gasteiger charge is -2.28. The smallest absolute Gasteiger partial charge is 0.224 e. The minimum absolute atomic E-state index is 0.361. The van der Waals surface area contributed by atoms with Gasteiger partial charge in [0.05, 0.1) is 18.9 Å². The quantitative estimate of drug-likeness (QED) is 0.535. The lowest BCUT2D eigenvalue weighted by atomic mass is 10.1. The Balaban J connectivity index is 1.58. The largest absolute Gasteiger partial charge is 0.438 e. The molecule has 32 heavy (non-hydrogen) atoms. The summed E-state index contributed by atoms with van der Waals surface area (Å²) in [6.45, 7) is 5.32. The molecule has 7 nitrogen and oxygen atoms in total. The van der Waals surface area contributed by atoms with Crippen LogP contribution in [0.1, 0.15) is 24.2 Å². The average Bonchev–Trinajstić information content (AvgIpc) is 2.80. The fraction of sp³-hybridized carbons (Fsp3) is 0.375. The minimum atomic E-state index is -0.388. The van der Waals surface area contributed by atoms with E-state index in [4.69, 9.17) is 15.2 Å². The molecule has 0 radical (unpaired) electrons. The zero-order valence-corrected chi connectivity index (χ0v) is 18.3. The summed E-state index contributed by atoms with van der Waals surface area (Å²) < 4.78 is 25.6. The molecule has 2 aromatic heterocycles. The first-order valence-corrected chi connectivity index (χ1v) is 10.9. The van der Waals surface area contributed by atoms with Crippen molar-refractivity contribution in [3.63, 3.8) is 0 Å². The average molecular weight is 438 g/mol. The second-order valence-corrected chi connectivity index (χ2v) is 7.75. The number of benzene rings is 1. The van der Waals surface area contributed by atoms with Crippen LogP contribution in [0.15, 0.2) is 42.6 Å². The summed E-state index contributed by atoms with van der Waals surface area (Å²) >= 11 is 0. The molecular formula is C24H28FN5O2. The van der Waals surface area contributed by atoms with Crippen molar-refractivity contribution >= 4 is 5.82 Å². The Morgan fingerprint density at radius 1 is 1.09 bits per heavy atom. The molecule has 2 N–H and O–H groups in total. The van der Waals surface area contributed by atoms with Gasteiger partial charge < -0.3 is 20.1 Å². The molecule has 8 heteroatoms. The Labute approximate surface area is 187 Å². The molecular weight excluding hydrogens is 409 g/mol. The molecule has 1 fully saturated rings. The molecule has 1 aromatic carbocycles. The van der Waals surface area contributed by atoms with Crippen LogP contribution in [0, 0.1) is 12.7 Å². The van der Waals surface area contributed by atoms with Crippen molar-refractivity contribution in [2.75, 3.05) is 37.7 Å². The number of aromatic nitrogens is 3. The maximum atomic E-state index is 14.1. The van der Waals surface area contributed by atoms with E-state index < -0.39 is 0 Å². The van der Waals surface area contributed by atoms with E-state index >= 15 is 0 Å². The SMILES string of the molecule is Cc1nc(Oc2cc(F)ccc2-c2ccc(CCCCN)cn2)cc(N2CCOCC2)n1. The molecule has 0 amide bonds. The van der Waals surface area contributed by atoms with Gasteiger partial charge in [-0.1, -0.05) is 6.07 Å². The predicted molar refractivity (Wildman–Crippen MR) is 121 cm³/mol. The third-order valence-corrected chi connectivity index (χ3v) is 5.31. The van der Waals surface area contributed by atoms with E-state index in [0.29, 0.717) is 48.5 Å². The highest BCUT2D eigenvalue weighted by atomic mass is 19.1. The number of hydrogen-bond donors (Lipinski definition) is 1. The van der Waals surface area contributed by atoms with Gasteiger partial charge >= 0.3 is 0 Å². The molecule has 168 valence electrons. The van der Waals surface area contributed by atoms with Gasteiger partial charge in [-0.3, -0.25) is 4.98 Å². The van der Waals surface area contributed by atoms with Gasteiger partial charge in [0.15, 0.2) is 0 Å². The first-order chi connectivity index (χ1) is 15.6. The lowest BCUT2D eigenvalue weighted by molar-refractivity contribution is 0.122. The number of pyridine rings is 1. The molecule has 0 unspecified atom stereocenters. The first kappa shape index (κ1) is 22.1. The van der Waals surface area contributed by atoms with Crippen LogP contribution in [-0.2, 0) is 11.2 Å².